The molecular formula is C8H12N2O2. The Morgan fingerprint density at radius 1 is 1.33 bits per heavy atom. The number of aliphatic hydroxyl groups excluding tert-OH is 1. The number of aromatic hydroxyl groups is 1. The van der Waals surface area contributed by atoms with Crippen molar-refractivity contribution in [3.63, 3.8) is 0 Å². The first kappa shape index (κ1) is 8.83. The van der Waals surface area contributed by atoms with Crippen LogP contribution in [0.15, 0.2) is 24.3 Å². The molecule has 0 bridgehead atoms. The number of hydrogen-bond acceptors (Lipinski definition) is 4. The summed E-state index contributed by atoms with van der Waals surface area (Å²) in [6.07, 6.45) is 0. The lowest BCUT2D eigenvalue weighted by Crippen LogP contribution is -2.33. The summed E-state index contributed by atoms with van der Waals surface area (Å²) in [4.78, 5) is 0. The van der Waals surface area contributed by atoms with E-state index in [2.05, 4.69) is 0 Å². The van der Waals surface area contributed by atoms with Gasteiger partial charge in [0.25, 0.3) is 0 Å². The first-order valence-electron chi connectivity index (χ1n) is 3.67. The molecule has 0 aliphatic carbocycles. The third kappa shape index (κ3) is 1.87. The van der Waals surface area contributed by atoms with Gasteiger partial charge in [-0.2, -0.15) is 0 Å². The van der Waals surface area contributed by atoms with Crippen molar-refractivity contribution in [1.29, 1.82) is 0 Å². The average molecular weight is 168 g/mol. The number of hydrazine groups is 1. The first-order chi connectivity index (χ1) is 5.75. The molecular weight excluding hydrogens is 156 g/mol. The zero-order valence-electron chi connectivity index (χ0n) is 6.64. The highest BCUT2D eigenvalue weighted by molar-refractivity contribution is 5.56. The summed E-state index contributed by atoms with van der Waals surface area (Å²) in [5, 5.41) is 19.2. The molecule has 0 atom stereocenters. The van der Waals surface area contributed by atoms with Crippen molar-refractivity contribution >= 4 is 5.69 Å². The van der Waals surface area contributed by atoms with E-state index < -0.39 is 0 Å². The summed E-state index contributed by atoms with van der Waals surface area (Å²) in [6, 6.07) is 6.72. The molecule has 12 heavy (non-hydrogen) atoms. The Labute approximate surface area is 70.8 Å². The predicted molar refractivity (Wildman–Crippen MR) is 46.7 cm³/mol. The molecule has 66 valence electrons. The molecule has 0 saturated heterocycles. The summed E-state index contributed by atoms with van der Waals surface area (Å²) in [5.74, 6) is 5.64. The monoisotopic (exact) mass is 168 g/mol. The molecule has 1 aromatic rings. The van der Waals surface area contributed by atoms with Gasteiger partial charge in [0.2, 0.25) is 0 Å². The number of anilines is 1. The van der Waals surface area contributed by atoms with Crippen LogP contribution < -0.4 is 10.9 Å². The van der Waals surface area contributed by atoms with Gasteiger partial charge in [-0.25, -0.2) is 5.84 Å². The van der Waals surface area contributed by atoms with Crippen LogP contribution in [0.2, 0.25) is 0 Å². The van der Waals surface area contributed by atoms with E-state index in [1.807, 2.05) is 0 Å². The molecule has 0 saturated carbocycles. The van der Waals surface area contributed by atoms with E-state index in [4.69, 9.17) is 10.9 Å². The van der Waals surface area contributed by atoms with Gasteiger partial charge >= 0.3 is 0 Å². The Bertz CT molecular complexity index is 253. The largest absolute Gasteiger partial charge is 0.506 e. The molecule has 4 heteroatoms. The minimum absolute atomic E-state index is 0.0369. The van der Waals surface area contributed by atoms with E-state index in [-0.39, 0.29) is 12.4 Å². The van der Waals surface area contributed by atoms with Gasteiger partial charge in [-0.15, -0.1) is 0 Å². The van der Waals surface area contributed by atoms with Gasteiger partial charge in [0.15, 0.2) is 0 Å². The maximum Gasteiger partial charge on any atom is 0.140 e. The van der Waals surface area contributed by atoms with Crippen LogP contribution in [0.25, 0.3) is 0 Å². The number of para-hydroxylation sites is 2. The van der Waals surface area contributed by atoms with E-state index >= 15 is 0 Å². The van der Waals surface area contributed by atoms with E-state index in [0.717, 1.165) is 0 Å². The number of nitrogens with two attached hydrogens (primary N) is 1. The zero-order valence-corrected chi connectivity index (χ0v) is 6.64. The second kappa shape index (κ2) is 3.94. The van der Waals surface area contributed by atoms with Crippen LogP contribution in [0, 0.1) is 0 Å². The van der Waals surface area contributed by atoms with Gasteiger partial charge in [-0.1, -0.05) is 12.1 Å². The van der Waals surface area contributed by atoms with Crippen molar-refractivity contribution in [2.45, 2.75) is 0 Å². The van der Waals surface area contributed by atoms with Gasteiger partial charge in [-0.3, -0.25) is 0 Å². The Hall–Kier alpha value is -1.26. The zero-order chi connectivity index (χ0) is 8.97. The quantitative estimate of drug-likeness (QED) is 0.441. The summed E-state index contributed by atoms with van der Waals surface area (Å²) in [7, 11) is 0. The third-order valence-corrected chi connectivity index (χ3v) is 1.53. The summed E-state index contributed by atoms with van der Waals surface area (Å²) >= 11 is 0. The first-order valence-corrected chi connectivity index (χ1v) is 3.67. The molecule has 0 aliphatic rings. The highest BCUT2D eigenvalue weighted by atomic mass is 16.3. The lowest BCUT2D eigenvalue weighted by Gasteiger charge is -2.17. The molecule has 1 aromatic carbocycles. The molecule has 0 fully saturated rings. The maximum atomic E-state index is 9.30. The van der Waals surface area contributed by atoms with Crippen molar-refractivity contribution in [3.05, 3.63) is 24.3 Å². The average Bonchev–Trinajstić information content (AvgIpc) is 2.05. The van der Waals surface area contributed by atoms with Crippen molar-refractivity contribution in [3.8, 4) is 5.75 Å². The standard InChI is InChI=1S/C8H12N2O2/c9-10(5-6-11)7-3-1-2-4-8(7)12/h1-4,11-12H,5-6,9H2. The third-order valence-electron chi connectivity index (χ3n) is 1.53. The maximum absolute atomic E-state index is 9.30. The Kier molecular flexibility index (Phi) is 2.90. The van der Waals surface area contributed by atoms with E-state index in [1.54, 1.807) is 24.3 Å². The fourth-order valence-corrected chi connectivity index (χ4v) is 0.935. The summed E-state index contributed by atoms with van der Waals surface area (Å²) in [5.41, 5.74) is 0.520. The van der Waals surface area contributed by atoms with E-state index in [0.29, 0.717) is 12.2 Å². The number of rotatable bonds is 3. The normalized spacial score (nSPS) is 9.83. The van der Waals surface area contributed by atoms with Crippen LogP contribution in [0.3, 0.4) is 0 Å². The number of phenols is 1. The number of hydrogen-bond donors (Lipinski definition) is 3. The summed E-state index contributed by atoms with van der Waals surface area (Å²) < 4.78 is 0. The molecule has 0 aromatic heterocycles. The van der Waals surface area contributed by atoms with Gasteiger partial charge in [0, 0.05) is 0 Å². The second-order valence-electron chi connectivity index (χ2n) is 2.41. The van der Waals surface area contributed by atoms with Crippen LogP contribution in [0.5, 0.6) is 5.75 Å². The smallest absolute Gasteiger partial charge is 0.140 e. The van der Waals surface area contributed by atoms with Crippen molar-refractivity contribution < 1.29 is 10.2 Å². The lowest BCUT2D eigenvalue weighted by molar-refractivity contribution is 0.302. The highest BCUT2D eigenvalue weighted by Gasteiger charge is 2.04. The van der Waals surface area contributed by atoms with Crippen LogP contribution in [-0.2, 0) is 0 Å². The lowest BCUT2D eigenvalue weighted by atomic mass is 10.3. The van der Waals surface area contributed by atoms with Crippen molar-refractivity contribution in [1.82, 2.24) is 0 Å². The Balaban J connectivity index is 2.79. The van der Waals surface area contributed by atoms with Gasteiger partial charge in [0.1, 0.15) is 5.75 Å². The highest BCUT2D eigenvalue weighted by Crippen LogP contribution is 2.23. The van der Waals surface area contributed by atoms with E-state index in [1.165, 1.54) is 5.01 Å². The number of benzene rings is 1. The molecule has 4 N–H and O–H groups in total. The van der Waals surface area contributed by atoms with Gasteiger partial charge in [-0.05, 0) is 12.1 Å². The molecule has 0 heterocycles. The number of phenolic OH excluding ortho intramolecular Hbond substituents is 1. The Morgan fingerprint density at radius 2 is 2.00 bits per heavy atom. The van der Waals surface area contributed by atoms with Gasteiger partial charge < -0.3 is 15.2 Å². The molecule has 4 nitrogen and oxygen atoms in total. The number of aliphatic hydroxyl groups is 1. The van der Waals surface area contributed by atoms with Crippen molar-refractivity contribution in [2.24, 2.45) is 5.84 Å². The minimum Gasteiger partial charge on any atom is -0.506 e. The van der Waals surface area contributed by atoms with Crippen LogP contribution >= 0.6 is 0 Å². The number of nitrogens with zero attached hydrogens (tertiary/aromatic N) is 1. The fraction of sp³-hybridized carbons (Fsp3) is 0.250. The molecule has 1 rings (SSSR count). The molecule has 0 radical (unpaired) electrons. The van der Waals surface area contributed by atoms with E-state index in [9.17, 15) is 5.11 Å². The summed E-state index contributed by atoms with van der Waals surface area (Å²) in [6.45, 7) is 0.266. The SMILES string of the molecule is NN(CCO)c1ccccc1O. The van der Waals surface area contributed by atoms with Gasteiger partial charge in [0.05, 0.1) is 18.8 Å². The minimum atomic E-state index is -0.0369. The van der Waals surface area contributed by atoms with Crippen LogP contribution in [0.4, 0.5) is 5.69 Å². The predicted octanol–water partition coefficient (Wildman–Crippen LogP) is 0.0646. The van der Waals surface area contributed by atoms with Crippen molar-refractivity contribution in [2.75, 3.05) is 18.2 Å². The Morgan fingerprint density at radius 3 is 2.58 bits per heavy atom. The molecule has 0 amide bonds. The van der Waals surface area contributed by atoms with Crippen LogP contribution in [-0.4, -0.2) is 23.4 Å². The topological polar surface area (TPSA) is 69.7 Å². The van der Waals surface area contributed by atoms with Crippen LogP contribution in [0.1, 0.15) is 0 Å². The fourth-order valence-electron chi connectivity index (χ4n) is 0.935. The molecule has 0 spiro atoms. The molecule has 0 unspecified atom stereocenters. The second-order valence-corrected chi connectivity index (χ2v) is 2.41. The molecule has 0 aliphatic heterocycles.